The van der Waals surface area contributed by atoms with E-state index in [4.69, 9.17) is 4.74 Å². The Morgan fingerprint density at radius 1 is 1.10 bits per heavy atom. The molecule has 0 saturated heterocycles. The molecule has 2 N–H and O–H groups in total. The standard InChI is InChI=1S/C22H21N5O2/c28-22(14-27-11-10-23-16-27)26-18-7-5-17(6-8-18)9-12-29-21-4-2-1-3-19(21)20-13-24-15-25-20/h1-8,10-11,13,15-16H,9,12,14H2,(H,24,25)(H,26,28). The van der Waals surface area contributed by atoms with E-state index in [9.17, 15) is 4.79 Å². The highest BCUT2D eigenvalue weighted by Gasteiger charge is 2.07. The number of carbonyl (C=O) groups is 1. The molecule has 0 unspecified atom stereocenters. The summed E-state index contributed by atoms with van der Waals surface area (Å²) in [6.07, 6.45) is 9.22. The van der Waals surface area contributed by atoms with Crippen molar-refractivity contribution in [2.24, 2.45) is 0 Å². The summed E-state index contributed by atoms with van der Waals surface area (Å²) in [7, 11) is 0. The van der Waals surface area contributed by atoms with E-state index in [1.807, 2.05) is 48.5 Å². The molecule has 0 spiro atoms. The Balaban J connectivity index is 1.29. The number of rotatable bonds is 8. The van der Waals surface area contributed by atoms with Crippen LogP contribution in [0.25, 0.3) is 11.3 Å². The number of hydrogen-bond acceptors (Lipinski definition) is 4. The van der Waals surface area contributed by atoms with E-state index < -0.39 is 0 Å². The molecule has 0 aliphatic carbocycles. The Morgan fingerprint density at radius 3 is 2.72 bits per heavy atom. The molecule has 0 aliphatic rings. The average Bonchev–Trinajstić information content (AvgIpc) is 3.44. The number of nitrogens with one attached hydrogen (secondary N) is 2. The summed E-state index contributed by atoms with van der Waals surface area (Å²) in [6, 6.07) is 15.7. The first kappa shape index (κ1) is 18.5. The van der Waals surface area contributed by atoms with Gasteiger partial charge in [-0.15, -0.1) is 0 Å². The molecule has 0 radical (unpaired) electrons. The third-order valence-corrected chi connectivity index (χ3v) is 4.45. The van der Waals surface area contributed by atoms with Gasteiger partial charge in [0.2, 0.25) is 5.91 Å². The molecular weight excluding hydrogens is 366 g/mol. The van der Waals surface area contributed by atoms with E-state index >= 15 is 0 Å². The maximum absolute atomic E-state index is 12.0. The van der Waals surface area contributed by atoms with Crippen LogP contribution in [-0.2, 0) is 17.8 Å². The van der Waals surface area contributed by atoms with Crippen molar-refractivity contribution in [3.05, 3.63) is 85.3 Å². The molecular formula is C22H21N5O2. The number of nitrogens with zero attached hydrogens (tertiary/aromatic N) is 3. The van der Waals surface area contributed by atoms with Crippen LogP contribution in [0.4, 0.5) is 5.69 Å². The lowest BCUT2D eigenvalue weighted by Gasteiger charge is -2.11. The highest BCUT2D eigenvalue weighted by Crippen LogP contribution is 2.28. The minimum atomic E-state index is -0.0884. The van der Waals surface area contributed by atoms with Crippen molar-refractivity contribution in [2.45, 2.75) is 13.0 Å². The Labute approximate surface area is 168 Å². The van der Waals surface area contributed by atoms with E-state index in [-0.39, 0.29) is 12.5 Å². The average molecular weight is 387 g/mol. The predicted octanol–water partition coefficient (Wildman–Crippen LogP) is 3.53. The first-order valence-corrected chi connectivity index (χ1v) is 9.33. The molecule has 0 saturated carbocycles. The molecule has 146 valence electrons. The van der Waals surface area contributed by atoms with Gasteiger partial charge in [0.15, 0.2) is 0 Å². The molecule has 7 heteroatoms. The smallest absolute Gasteiger partial charge is 0.244 e. The molecule has 2 aromatic heterocycles. The van der Waals surface area contributed by atoms with Crippen molar-refractivity contribution in [1.82, 2.24) is 19.5 Å². The molecule has 29 heavy (non-hydrogen) atoms. The molecule has 7 nitrogen and oxygen atoms in total. The normalized spacial score (nSPS) is 10.6. The van der Waals surface area contributed by atoms with Crippen molar-refractivity contribution in [2.75, 3.05) is 11.9 Å². The maximum atomic E-state index is 12.0. The second-order valence-electron chi connectivity index (χ2n) is 6.54. The van der Waals surface area contributed by atoms with Crippen LogP contribution in [0.2, 0.25) is 0 Å². The zero-order valence-electron chi connectivity index (χ0n) is 15.8. The van der Waals surface area contributed by atoms with Crippen LogP contribution in [0, 0.1) is 0 Å². The Bertz CT molecular complexity index is 1040. The van der Waals surface area contributed by atoms with E-state index in [1.165, 1.54) is 0 Å². The van der Waals surface area contributed by atoms with E-state index in [1.54, 1.807) is 35.8 Å². The lowest BCUT2D eigenvalue weighted by molar-refractivity contribution is -0.116. The fourth-order valence-electron chi connectivity index (χ4n) is 3.00. The van der Waals surface area contributed by atoms with Crippen LogP contribution >= 0.6 is 0 Å². The van der Waals surface area contributed by atoms with Crippen molar-refractivity contribution in [3.8, 4) is 17.0 Å². The van der Waals surface area contributed by atoms with Crippen LogP contribution in [0.3, 0.4) is 0 Å². The van der Waals surface area contributed by atoms with Gasteiger partial charge in [0.25, 0.3) is 0 Å². The summed E-state index contributed by atoms with van der Waals surface area (Å²) in [5, 5.41) is 2.88. The van der Waals surface area contributed by atoms with Crippen LogP contribution < -0.4 is 10.1 Å². The minimum absolute atomic E-state index is 0.0884. The third-order valence-electron chi connectivity index (χ3n) is 4.45. The van der Waals surface area contributed by atoms with Crippen molar-refractivity contribution >= 4 is 11.6 Å². The molecule has 2 heterocycles. The van der Waals surface area contributed by atoms with Gasteiger partial charge in [-0.1, -0.05) is 24.3 Å². The third kappa shape index (κ3) is 4.90. The van der Waals surface area contributed by atoms with E-state index in [2.05, 4.69) is 20.3 Å². The second-order valence-corrected chi connectivity index (χ2v) is 6.54. The van der Waals surface area contributed by atoms with Crippen molar-refractivity contribution < 1.29 is 9.53 Å². The maximum Gasteiger partial charge on any atom is 0.244 e. The number of H-pyrrole nitrogens is 1. The van der Waals surface area contributed by atoms with Gasteiger partial charge in [0, 0.05) is 30.1 Å². The topological polar surface area (TPSA) is 84.8 Å². The van der Waals surface area contributed by atoms with E-state index in [0.717, 1.165) is 34.7 Å². The summed E-state index contributed by atoms with van der Waals surface area (Å²) >= 11 is 0. The zero-order chi connectivity index (χ0) is 19.9. The fraction of sp³-hybridized carbons (Fsp3) is 0.136. The van der Waals surface area contributed by atoms with Crippen LogP contribution in [-0.4, -0.2) is 32.0 Å². The largest absolute Gasteiger partial charge is 0.493 e. The van der Waals surface area contributed by atoms with Gasteiger partial charge in [-0.2, -0.15) is 0 Å². The van der Waals surface area contributed by atoms with Gasteiger partial charge in [-0.3, -0.25) is 4.79 Å². The number of para-hydroxylation sites is 1. The minimum Gasteiger partial charge on any atom is -0.493 e. The van der Waals surface area contributed by atoms with Crippen molar-refractivity contribution in [1.29, 1.82) is 0 Å². The molecule has 0 aliphatic heterocycles. The molecule has 2 aromatic carbocycles. The molecule has 0 atom stereocenters. The number of amides is 1. The number of aromatic nitrogens is 4. The van der Waals surface area contributed by atoms with Crippen LogP contribution in [0.5, 0.6) is 5.75 Å². The van der Waals surface area contributed by atoms with E-state index in [0.29, 0.717) is 6.61 Å². The summed E-state index contributed by atoms with van der Waals surface area (Å²) < 4.78 is 7.72. The van der Waals surface area contributed by atoms with Crippen molar-refractivity contribution in [3.63, 3.8) is 0 Å². The summed E-state index contributed by atoms with van der Waals surface area (Å²) in [6.45, 7) is 0.794. The first-order valence-electron chi connectivity index (χ1n) is 9.33. The molecule has 4 rings (SSSR count). The van der Waals surface area contributed by atoms with Crippen LogP contribution in [0.1, 0.15) is 5.56 Å². The van der Waals surface area contributed by atoms with Gasteiger partial charge < -0.3 is 19.6 Å². The Hall–Kier alpha value is -3.87. The fourth-order valence-corrected chi connectivity index (χ4v) is 3.00. The van der Waals surface area contributed by atoms with Gasteiger partial charge in [0.05, 0.1) is 31.2 Å². The predicted molar refractivity (Wildman–Crippen MR) is 111 cm³/mol. The number of imidazole rings is 2. The number of anilines is 1. The summed E-state index contributed by atoms with van der Waals surface area (Å²) in [5.41, 5.74) is 3.82. The lowest BCUT2D eigenvalue weighted by Crippen LogP contribution is -2.17. The lowest BCUT2D eigenvalue weighted by atomic mass is 10.1. The number of aromatic amines is 1. The summed E-state index contributed by atoms with van der Waals surface area (Å²) in [5.74, 6) is 0.731. The SMILES string of the molecule is O=C(Cn1ccnc1)Nc1ccc(CCOc2ccccc2-c2cnc[nH]2)cc1. The van der Waals surface area contributed by atoms with Gasteiger partial charge >= 0.3 is 0 Å². The van der Waals surface area contributed by atoms with Gasteiger partial charge in [-0.05, 0) is 29.8 Å². The molecule has 0 bridgehead atoms. The second kappa shape index (κ2) is 8.88. The number of carbonyl (C=O) groups excluding carboxylic acids is 1. The number of benzene rings is 2. The zero-order valence-corrected chi connectivity index (χ0v) is 15.8. The van der Waals surface area contributed by atoms with Crippen LogP contribution in [0.15, 0.2) is 79.8 Å². The Morgan fingerprint density at radius 2 is 1.97 bits per heavy atom. The van der Waals surface area contributed by atoms with Gasteiger partial charge in [0.1, 0.15) is 12.3 Å². The summed E-state index contributed by atoms with van der Waals surface area (Å²) in [4.78, 5) is 23.1. The van der Waals surface area contributed by atoms with Gasteiger partial charge in [-0.25, -0.2) is 9.97 Å². The highest BCUT2D eigenvalue weighted by molar-refractivity contribution is 5.90. The quantitative estimate of drug-likeness (QED) is 0.484. The highest BCUT2D eigenvalue weighted by atomic mass is 16.5. The number of hydrogen-bond donors (Lipinski definition) is 2. The first-order chi connectivity index (χ1) is 14.3. The molecule has 1 amide bonds. The molecule has 4 aromatic rings. The molecule has 0 fully saturated rings. The number of ether oxygens (including phenoxy) is 1. The Kier molecular flexibility index (Phi) is 5.66. The monoisotopic (exact) mass is 387 g/mol.